The molecule has 108 valence electrons. The average Bonchev–Trinajstić information content (AvgIpc) is 2.83. The smallest absolute Gasteiger partial charge is 0.200 e. The molecule has 0 saturated heterocycles. The number of thiazole rings is 1. The lowest BCUT2D eigenvalue weighted by atomic mass is 10.1. The third-order valence-corrected chi connectivity index (χ3v) is 4.13. The number of aryl methyl sites for hydroxylation is 1. The van der Waals surface area contributed by atoms with Crippen LogP contribution in [0.4, 0.5) is 5.69 Å². The molecular weight excluding hydrogens is 288 g/mol. The van der Waals surface area contributed by atoms with E-state index in [1.807, 2.05) is 25.1 Å². The van der Waals surface area contributed by atoms with Crippen molar-refractivity contribution >= 4 is 27.2 Å². The molecule has 0 atom stereocenters. The van der Waals surface area contributed by atoms with E-state index in [0.29, 0.717) is 12.1 Å². The largest absolute Gasteiger partial charge is 0.504 e. The van der Waals surface area contributed by atoms with E-state index in [1.54, 1.807) is 17.4 Å². The topological polar surface area (TPSA) is 85.6 Å². The molecule has 0 spiro atoms. The van der Waals surface area contributed by atoms with Gasteiger partial charge in [-0.05, 0) is 37.3 Å². The Bertz CT molecular complexity index is 814. The van der Waals surface area contributed by atoms with Gasteiger partial charge >= 0.3 is 0 Å². The predicted octanol–water partition coefficient (Wildman–Crippen LogP) is 3.33. The standard InChI is InChI=1S/C15H14N2O3S/c1-8-17-11-4-3-10(6-13(11)21-8)16-7-9-2-5-12(18)15(20)14(9)19/h2-6,16,18-20H,7H2,1H3. The highest BCUT2D eigenvalue weighted by atomic mass is 32.1. The van der Waals surface area contributed by atoms with Crippen LogP contribution in [0.25, 0.3) is 10.2 Å². The zero-order chi connectivity index (χ0) is 15.0. The summed E-state index contributed by atoms with van der Waals surface area (Å²) in [5, 5.41) is 32.8. The Morgan fingerprint density at radius 2 is 1.90 bits per heavy atom. The monoisotopic (exact) mass is 302 g/mol. The van der Waals surface area contributed by atoms with Crippen LogP contribution in [-0.2, 0) is 6.54 Å². The highest BCUT2D eigenvalue weighted by Crippen LogP contribution is 2.37. The van der Waals surface area contributed by atoms with Crippen molar-refractivity contribution in [1.82, 2.24) is 4.98 Å². The fraction of sp³-hybridized carbons (Fsp3) is 0.133. The number of hydrogen-bond acceptors (Lipinski definition) is 6. The maximum atomic E-state index is 9.77. The molecule has 0 fully saturated rings. The molecule has 3 rings (SSSR count). The van der Waals surface area contributed by atoms with Crippen LogP contribution in [0.1, 0.15) is 10.6 Å². The third-order valence-electron chi connectivity index (χ3n) is 3.19. The fourth-order valence-electron chi connectivity index (χ4n) is 2.10. The number of hydrogen-bond donors (Lipinski definition) is 4. The first kappa shape index (κ1) is 13.5. The molecule has 0 radical (unpaired) electrons. The van der Waals surface area contributed by atoms with Crippen molar-refractivity contribution in [2.45, 2.75) is 13.5 Å². The third kappa shape index (κ3) is 2.57. The molecule has 0 unspecified atom stereocenters. The second-order valence-corrected chi connectivity index (χ2v) is 5.94. The number of nitrogens with zero attached hydrogens (tertiary/aromatic N) is 1. The lowest BCUT2D eigenvalue weighted by molar-refractivity contribution is 0.365. The van der Waals surface area contributed by atoms with E-state index in [-0.39, 0.29) is 11.5 Å². The number of phenolic OH excluding ortho intramolecular Hbond substituents is 3. The van der Waals surface area contributed by atoms with Crippen molar-refractivity contribution in [3.8, 4) is 17.2 Å². The van der Waals surface area contributed by atoms with Gasteiger partial charge in [-0.2, -0.15) is 0 Å². The molecular formula is C15H14N2O3S. The lowest BCUT2D eigenvalue weighted by Gasteiger charge is -2.10. The van der Waals surface area contributed by atoms with Gasteiger partial charge in [-0.15, -0.1) is 11.3 Å². The first-order chi connectivity index (χ1) is 10.0. The van der Waals surface area contributed by atoms with Gasteiger partial charge in [0, 0.05) is 17.8 Å². The molecule has 0 aliphatic carbocycles. The summed E-state index contributed by atoms with van der Waals surface area (Å²) < 4.78 is 1.09. The lowest BCUT2D eigenvalue weighted by Crippen LogP contribution is -1.99. The summed E-state index contributed by atoms with van der Waals surface area (Å²) in [5.74, 6) is -1.14. The minimum Gasteiger partial charge on any atom is -0.504 e. The molecule has 21 heavy (non-hydrogen) atoms. The van der Waals surface area contributed by atoms with Gasteiger partial charge in [0.05, 0.1) is 15.2 Å². The first-order valence-corrected chi connectivity index (χ1v) is 7.20. The van der Waals surface area contributed by atoms with E-state index in [1.165, 1.54) is 6.07 Å². The number of anilines is 1. The highest BCUT2D eigenvalue weighted by Gasteiger charge is 2.10. The first-order valence-electron chi connectivity index (χ1n) is 6.38. The summed E-state index contributed by atoms with van der Waals surface area (Å²) in [6.07, 6.45) is 0. The Balaban J connectivity index is 1.81. The summed E-state index contributed by atoms with van der Waals surface area (Å²) in [6.45, 7) is 2.30. The molecule has 3 aromatic rings. The molecule has 6 heteroatoms. The van der Waals surface area contributed by atoms with E-state index in [2.05, 4.69) is 10.3 Å². The van der Waals surface area contributed by atoms with Crippen molar-refractivity contribution in [3.63, 3.8) is 0 Å². The van der Waals surface area contributed by atoms with E-state index in [0.717, 1.165) is 20.9 Å². The zero-order valence-electron chi connectivity index (χ0n) is 11.3. The van der Waals surface area contributed by atoms with Crippen LogP contribution in [0.5, 0.6) is 17.2 Å². The van der Waals surface area contributed by atoms with Crippen molar-refractivity contribution in [1.29, 1.82) is 0 Å². The normalized spacial score (nSPS) is 10.9. The number of benzene rings is 2. The summed E-state index contributed by atoms with van der Waals surface area (Å²) in [7, 11) is 0. The molecule has 0 bridgehead atoms. The highest BCUT2D eigenvalue weighted by molar-refractivity contribution is 7.18. The van der Waals surface area contributed by atoms with Gasteiger partial charge in [0.25, 0.3) is 0 Å². The minimum absolute atomic E-state index is 0.308. The predicted molar refractivity (Wildman–Crippen MR) is 83.1 cm³/mol. The Labute approximate surface area is 125 Å². The van der Waals surface area contributed by atoms with E-state index < -0.39 is 5.75 Å². The van der Waals surface area contributed by atoms with E-state index in [9.17, 15) is 15.3 Å². The second-order valence-electron chi connectivity index (χ2n) is 4.71. The van der Waals surface area contributed by atoms with Gasteiger partial charge in [0.1, 0.15) is 0 Å². The van der Waals surface area contributed by atoms with Gasteiger partial charge in [-0.25, -0.2) is 4.98 Å². The van der Waals surface area contributed by atoms with Gasteiger partial charge in [-0.3, -0.25) is 0 Å². The molecule has 0 saturated carbocycles. The summed E-state index contributed by atoms with van der Waals surface area (Å²) in [6, 6.07) is 8.76. The van der Waals surface area contributed by atoms with Crippen molar-refractivity contribution < 1.29 is 15.3 Å². The summed E-state index contributed by atoms with van der Waals surface area (Å²) in [5.41, 5.74) is 2.37. The number of phenols is 3. The molecule has 0 aliphatic heterocycles. The number of aromatic nitrogens is 1. The maximum Gasteiger partial charge on any atom is 0.200 e. The number of fused-ring (bicyclic) bond motifs is 1. The Kier molecular flexibility index (Phi) is 3.31. The van der Waals surface area contributed by atoms with Gasteiger partial charge in [0.2, 0.25) is 5.75 Å². The van der Waals surface area contributed by atoms with Gasteiger partial charge in [-0.1, -0.05) is 0 Å². The second kappa shape index (κ2) is 5.14. The van der Waals surface area contributed by atoms with Crippen LogP contribution < -0.4 is 5.32 Å². The van der Waals surface area contributed by atoms with Crippen LogP contribution in [-0.4, -0.2) is 20.3 Å². The fourth-order valence-corrected chi connectivity index (χ4v) is 2.97. The van der Waals surface area contributed by atoms with Crippen LogP contribution >= 0.6 is 11.3 Å². The molecule has 1 aromatic heterocycles. The van der Waals surface area contributed by atoms with Crippen LogP contribution in [0, 0.1) is 6.92 Å². The SMILES string of the molecule is Cc1nc2ccc(NCc3ccc(O)c(O)c3O)cc2s1. The Morgan fingerprint density at radius 1 is 1.10 bits per heavy atom. The maximum absolute atomic E-state index is 9.77. The minimum atomic E-state index is -0.497. The molecule has 0 amide bonds. The van der Waals surface area contributed by atoms with E-state index in [4.69, 9.17) is 0 Å². The van der Waals surface area contributed by atoms with Crippen LogP contribution in [0.2, 0.25) is 0 Å². The number of aromatic hydroxyl groups is 3. The molecule has 0 aliphatic rings. The quantitative estimate of drug-likeness (QED) is 0.558. The van der Waals surface area contributed by atoms with Crippen molar-refractivity contribution in [2.24, 2.45) is 0 Å². The van der Waals surface area contributed by atoms with E-state index >= 15 is 0 Å². The van der Waals surface area contributed by atoms with Gasteiger partial charge < -0.3 is 20.6 Å². The molecule has 4 N–H and O–H groups in total. The van der Waals surface area contributed by atoms with Crippen LogP contribution in [0.3, 0.4) is 0 Å². The van der Waals surface area contributed by atoms with Gasteiger partial charge in [0.15, 0.2) is 11.5 Å². The Morgan fingerprint density at radius 3 is 2.71 bits per heavy atom. The van der Waals surface area contributed by atoms with Crippen molar-refractivity contribution in [2.75, 3.05) is 5.32 Å². The average molecular weight is 302 g/mol. The zero-order valence-corrected chi connectivity index (χ0v) is 12.1. The molecule has 1 heterocycles. The Hall–Kier alpha value is -2.47. The molecule has 5 nitrogen and oxygen atoms in total. The van der Waals surface area contributed by atoms with Crippen LogP contribution in [0.15, 0.2) is 30.3 Å². The number of nitrogens with one attached hydrogen (secondary N) is 1. The summed E-state index contributed by atoms with van der Waals surface area (Å²) in [4.78, 5) is 4.40. The number of rotatable bonds is 3. The van der Waals surface area contributed by atoms with Crippen molar-refractivity contribution in [3.05, 3.63) is 40.9 Å². The molecule has 2 aromatic carbocycles. The summed E-state index contributed by atoms with van der Waals surface area (Å²) >= 11 is 1.62.